The van der Waals surface area contributed by atoms with Gasteiger partial charge in [0.15, 0.2) is 0 Å². The lowest BCUT2D eigenvalue weighted by molar-refractivity contribution is -0.141. The summed E-state index contributed by atoms with van der Waals surface area (Å²) in [4.78, 5) is 12.6. The highest BCUT2D eigenvalue weighted by Gasteiger charge is 2.21. The van der Waals surface area contributed by atoms with Crippen LogP contribution in [0.1, 0.15) is 5.56 Å². The predicted molar refractivity (Wildman–Crippen MR) is 63.8 cm³/mol. The summed E-state index contributed by atoms with van der Waals surface area (Å²) >= 11 is 0. The summed E-state index contributed by atoms with van der Waals surface area (Å²) in [5, 5.41) is 9.13. The molecular weight excluding hydrogens is 202 g/mol. The Bertz CT molecular complexity index is 365. The molecule has 84 valence electrons. The zero-order valence-corrected chi connectivity index (χ0v) is 9.04. The number of carboxylic acid groups (broad SMARTS) is 1. The predicted octanol–water partition coefficient (Wildman–Crippen LogP) is 2.27. The maximum absolute atomic E-state index is 11.1. The minimum Gasteiger partial charge on any atom is -0.480 e. The summed E-state index contributed by atoms with van der Waals surface area (Å²) in [7, 11) is 0. The highest BCUT2D eigenvalue weighted by Crippen LogP contribution is 2.10. The molecule has 1 N–H and O–H groups in total. The van der Waals surface area contributed by atoms with Crippen molar-refractivity contribution >= 4 is 5.97 Å². The summed E-state index contributed by atoms with van der Waals surface area (Å²) in [6.07, 6.45) is 3.36. The first-order chi connectivity index (χ1) is 7.69. The van der Waals surface area contributed by atoms with Crippen molar-refractivity contribution in [2.75, 3.05) is 0 Å². The lowest BCUT2D eigenvalue weighted by Gasteiger charge is -2.23. The second kappa shape index (κ2) is 5.75. The molecule has 16 heavy (non-hydrogen) atoms. The molecule has 0 saturated carbocycles. The van der Waals surface area contributed by atoms with Crippen molar-refractivity contribution in [1.82, 2.24) is 4.90 Å². The zero-order chi connectivity index (χ0) is 12.0. The third-order valence-corrected chi connectivity index (χ3v) is 2.34. The van der Waals surface area contributed by atoms with Gasteiger partial charge < -0.3 is 10.0 Å². The molecule has 0 radical (unpaired) electrons. The van der Waals surface area contributed by atoms with E-state index in [4.69, 9.17) is 5.11 Å². The lowest BCUT2D eigenvalue weighted by atomic mass is 10.1. The number of carbonyl (C=O) groups is 1. The number of nitrogens with zero attached hydrogens (tertiary/aromatic N) is 1. The van der Waals surface area contributed by atoms with Gasteiger partial charge in [-0.15, -0.1) is 0 Å². The quantitative estimate of drug-likeness (QED) is 0.794. The van der Waals surface area contributed by atoms with Crippen molar-refractivity contribution in [3.8, 4) is 0 Å². The summed E-state index contributed by atoms with van der Waals surface area (Å²) in [6, 6.07) is 8.83. The van der Waals surface area contributed by atoms with E-state index >= 15 is 0 Å². The van der Waals surface area contributed by atoms with Gasteiger partial charge in [-0.2, -0.15) is 0 Å². The van der Waals surface area contributed by atoms with E-state index in [1.807, 2.05) is 30.3 Å². The van der Waals surface area contributed by atoms with Gasteiger partial charge in [-0.25, -0.2) is 4.79 Å². The minimum atomic E-state index is -0.886. The Morgan fingerprint density at radius 3 is 2.31 bits per heavy atom. The first kappa shape index (κ1) is 12.0. The first-order valence-electron chi connectivity index (χ1n) is 4.98. The Morgan fingerprint density at radius 1 is 1.31 bits per heavy atom. The van der Waals surface area contributed by atoms with E-state index in [2.05, 4.69) is 13.2 Å². The Labute approximate surface area is 95.3 Å². The number of benzene rings is 1. The number of carboxylic acids is 1. The van der Waals surface area contributed by atoms with Crippen LogP contribution in [0.3, 0.4) is 0 Å². The molecule has 0 heterocycles. The van der Waals surface area contributed by atoms with Crippen LogP contribution in [-0.4, -0.2) is 22.0 Å². The van der Waals surface area contributed by atoms with Crippen molar-refractivity contribution < 1.29 is 9.90 Å². The molecule has 1 atom stereocenters. The second-order valence-corrected chi connectivity index (χ2v) is 3.36. The monoisotopic (exact) mass is 217 g/mol. The van der Waals surface area contributed by atoms with E-state index in [0.29, 0.717) is 6.42 Å². The fourth-order valence-corrected chi connectivity index (χ4v) is 1.49. The molecule has 1 aromatic carbocycles. The summed E-state index contributed by atoms with van der Waals surface area (Å²) < 4.78 is 0. The molecule has 0 aliphatic rings. The number of aliphatic carboxylic acids is 1. The molecule has 0 unspecified atom stereocenters. The zero-order valence-electron chi connectivity index (χ0n) is 9.04. The second-order valence-electron chi connectivity index (χ2n) is 3.36. The van der Waals surface area contributed by atoms with Crippen LogP contribution in [0.5, 0.6) is 0 Å². The molecule has 0 aliphatic carbocycles. The van der Waals surface area contributed by atoms with Gasteiger partial charge >= 0.3 is 5.97 Å². The van der Waals surface area contributed by atoms with Crippen LogP contribution in [0.4, 0.5) is 0 Å². The number of hydrogen-bond acceptors (Lipinski definition) is 2. The average molecular weight is 217 g/mol. The van der Waals surface area contributed by atoms with Crippen molar-refractivity contribution in [1.29, 1.82) is 0 Å². The highest BCUT2D eigenvalue weighted by molar-refractivity contribution is 5.74. The molecule has 0 saturated heterocycles. The topological polar surface area (TPSA) is 40.5 Å². The molecule has 0 spiro atoms. The Morgan fingerprint density at radius 2 is 1.88 bits per heavy atom. The van der Waals surface area contributed by atoms with Gasteiger partial charge in [-0.05, 0) is 18.0 Å². The van der Waals surface area contributed by atoms with Crippen molar-refractivity contribution in [2.24, 2.45) is 0 Å². The third kappa shape index (κ3) is 2.98. The van der Waals surface area contributed by atoms with E-state index in [1.165, 1.54) is 17.3 Å². The Kier molecular flexibility index (Phi) is 4.33. The maximum Gasteiger partial charge on any atom is 0.327 e. The van der Waals surface area contributed by atoms with Crippen LogP contribution in [-0.2, 0) is 11.2 Å². The lowest BCUT2D eigenvalue weighted by Crippen LogP contribution is -2.35. The fraction of sp³-hybridized carbons (Fsp3) is 0.154. The van der Waals surface area contributed by atoms with Gasteiger partial charge in [0.1, 0.15) is 6.04 Å². The first-order valence-corrected chi connectivity index (χ1v) is 4.98. The van der Waals surface area contributed by atoms with Gasteiger partial charge in [0.05, 0.1) is 0 Å². The number of rotatable bonds is 6. The van der Waals surface area contributed by atoms with Crippen LogP contribution in [0.2, 0.25) is 0 Å². The maximum atomic E-state index is 11.1. The molecule has 0 aliphatic heterocycles. The van der Waals surface area contributed by atoms with Crippen molar-refractivity contribution in [3.05, 3.63) is 61.5 Å². The van der Waals surface area contributed by atoms with Crippen LogP contribution in [0.15, 0.2) is 55.9 Å². The molecule has 1 rings (SSSR count). The van der Waals surface area contributed by atoms with Gasteiger partial charge in [-0.1, -0.05) is 43.5 Å². The number of hydrogen-bond donors (Lipinski definition) is 1. The standard InChI is InChI=1S/C13H15NO2/c1-3-14(4-2)12(13(15)16)10-11-8-6-5-7-9-11/h3-9,12H,1-2,10H2,(H,15,16)/t12-/m0/s1. The molecule has 0 amide bonds. The molecule has 0 aromatic heterocycles. The largest absolute Gasteiger partial charge is 0.480 e. The molecule has 0 fully saturated rings. The van der Waals surface area contributed by atoms with Gasteiger partial charge in [0.25, 0.3) is 0 Å². The minimum absolute atomic E-state index is 0.425. The van der Waals surface area contributed by atoms with Crippen molar-refractivity contribution in [2.45, 2.75) is 12.5 Å². The van der Waals surface area contributed by atoms with Crippen LogP contribution in [0, 0.1) is 0 Å². The highest BCUT2D eigenvalue weighted by atomic mass is 16.4. The van der Waals surface area contributed by atoms with Crippen molar-refractivity contribution in [3.63, 3.8) is 0 Å². The van der Waals surface area contributed by atoms with Crippen LogP contribution < -0.4 is 0 Å². The van der Waals surface area contributed by atoms with Gasteiger partial charge in [0.2, 0.25) is 0 Å². The Balaban J connectivity index is 2.84. The van der Waals surface area contributed by atoms with E-state index < -0.39 is 12.0 Å². The van der Waals surface area contributed by atoms with Crippen LogP contribution >= 0.6 is 0 Å². The fourth-order valence-electron chi connectivity index (χ4n) is 1.49. The van der Waals surface area contributed by atoms with E-state index in [-0.39, 0.29) is 0 Å². The van der Waals surface area contributed by atoms with Gasteiger partial charge in [-0.3, -0.25) is 0 Å². The average Bonchev–Trinajstić information content (AvgIpc) is 2.30. The van der Waals surface area contributed by atoms with Crippen LogP contribution in [0.25, 0.3) is 0 Å². The summed E-state index contributed by atoms with van der Waals surface area (Å²) in [5.41, 5.74) is 0.976. The molecular formula is C13H15NO2. The molecule has 1 aromatic rings. The van der Waals surface area contributed by atoms with E-state index in [0.717, 1.165) is 5.56 Å². The molecule has 0 bridgehead atoms. The third-order valence-electron chi connectivity index (χ3n) is 2.34. The molecule has 3 heteroatoms. The van der Waals surface area contributed by atoms with E-state index in [1.54, 1.807) is 0 Å². The van der Waals surface area contributed by atoms with Gasteiger partial charge in [0, 0.05) is 6.42 Å². The Hall–Kier alpha value is -2.03. The summed E-state index contributed by atoms with van der Waals surface area (Å²) in [5.74, 6) is -0.886. The SMILES string of the molecule is C=CN(C=C)[C@@H](Cc1ccccc1)C(=O)O. The normalized spacial score (nSPS) is 11.5. The van der Waals surface area contributed by atoms with E-state index in [9.17, 15) is 4.79 Å². The smallest absolute Gasteiger partial charge is 0.327 e. The summed E-state index contributed by atoms with van der Waals surface area (Å²) in [6.45, 7) is 7.14. The molecule has 3 nitrogen and oxygen atoms in total.